The number of sulfonamides is 1. The molecule has 0 atom stereocenters. The van der Waals surface area contributed by atoms with Crippen LogP contribution in [0.2, 0.25) is 0 Å². The predicted octanol–water partition coefficient (Wildman–Crippen LogP) is 2.16. The highest BCUT2D eigenvalue weighted by Gasteiger charge is 2.46. The minimum absolute atomic E-state index is 0.0184. The van der Waals surface area contributed by atoms with Crippen molar-refractivity contribution in [2.24, 2.45) is 5.14 Å². The summed E-state index contributed by atoms with van der Waals surface area (Å²) in [6.07, 6.45) is -0.328. The maximum atomic E-state index is 12.8. The Morgan fingerprint density at radius 2 is 1.94 bits per heavy atom. The molecule has 6 heteroatoms. The highest BCUT2D eigenvalue weighted by molar-refractivity contribution is 7.89. The maximum Gasteiger partial charge on any atom is 0.249 e. The molecule has 0 aromatic heterocycles. The Balaban J connectivity index is 2.28. The molecule has 94 valence electrons. The van der Waals surface area contributed by atoms with Gasteiger partial charge in [-0.25, -0.2) is 22.3 Å². The van der Waals surface area contributed by atoms with Gasteiger partial charge in [-0.05, 0) is 36.1 Å². The Bertz CT molecular complexity index is 547. The van der Waals surface area contributed by atoms with E-state index in [1.54, 1.807) is 13.0 Å². The molecule has 1 aromatic carbocycles. The number of halogens is 2. The molecule has 2 N–H and O–H groups in total. The molecule has 0 bridgehead atoms. The molecule has 0 aliphatic heterocycles. The molecule has 1 aromatic rings. The van der Waals surface area contributed by atoms with Gasteiger partial charge in [-0.3, -0.25) is 0 Å². The topological polar surface area (TPSA) is 60.2 Å². The first kappa shape index (κ1) is 12.4. The van der Waals surface area contributed by atoms with Gasteiger partial charge in [0.05, 0.1) is 4.90 Å². The van der Waals surface area contributed by atoms with Gasteiger partial charge in [0.25, 0.3) is 0 Å². The van der Waals surface area contributed by atoms with Crippen molar-refractivity contribution in [3.8, 4) is 0 Å². The second kappa shape index (κ2) is 3.74. The molecule has 0 amide bonds. The van der Waals surface area contributed by atoms with Crippen LogP contribution in [0, 0.1) is 6.92 Å². The van der Waals surface area contributed by atoms with Crippen LogP contribution in [0.1, 0.15) is 29.9 Å². The lowest BCUT2D eigenvalue weighted by Crippen LogP contribution is -2.34. The van der Waals surface area contributed by atoms with Gasteiger partial charge in [0.1, 0.15) is 0 Å². The molecule has 0 unspecified atom stereocenters. The average molecular weight is 261 g/mol. The normalized spacial score (nSPS) is 20.0. The second-order valence-corrected chi connectivity index (χ2v) is 6.09. The summed E-state index contributed by atoms with van der Waals surface area (Å²) in [5.41, 5.74) is 1.47. The van der Waals surface area contributed by atoms with Crippen molar-refractivity contribution in [2.45, 2.75) is 36.5 Å². The van der Waals surface area contributed by atoms with E-state index in [9.17, 15) is 17.2 Å². The molecular weight excluding hydrogens is 248 g/mol. The first-order valence-electron chi connectivity index (χ1n) is 5.20. The van der Waals surface area contributed by atoms with E-state index in [-0.39, 0.29) is 23.7 Å². The van der Waals surface area contributed by atoms with Gasteiger partial charge >= 0.3 is 0 Å². The first-order chi connectivity index (χ1) is 7.69. The molecule has 0 saturated heterocycles. The number of rotatable bonds is 2. The van der Waals surface area contributed by atoms with Crippen molar-refractivity contribution in [3.63, 3.8) is 0 Å². The summed E-state index contributed by atoms with van der Waals surface area (Å²) in [6, 6.07) is 4.38. The minimum atomic E-state index is -3.73. The van der Waals surface area contributed by atoms with E-state index in [0.717, 1.165) is 5.56 Å². The Hall–Kier alpha value is -1.01. The van der Waals surface area contributed by atoms with E-state index in [4.69, 9.17) is 5.14 Å². The number of nitrogens with two attached hydrogens (primary N) is 1. The van der Waals surface area contributed by atoms with E-state index in [2.05, 4.69) is 0 Å². The smallest absolute Gasteiger partial charge is 0.225 e. The molecule has 3 nitrogen and oxygen atoms in total. The van der Waals surface area contributed by atoms with E-state index in [0.29, 0.717) is 5.56 Å². The van der Waals surface area contributed by atoms with Crippen LogP contribution in [0.5, 0.6) is 0 Å². The van der Waals surface area contributed by atoms with Crippen LogP contribution in [-0.4, -0.2) is 14.3 Å². The van der Waals surface area contributed by atoms with E-state index >= 15 is 0 Å². The predicted molar refractivity (Wildman–Crippen MR) is 59.5 cm³/mol. The zero-order chi connectivity index (χ0) is 12.8. The van der Waals surface area contributed by atoms with Gasteiger partial charge in [-0.15, -0.1) is 0 Å². The van der Waals surface area contributed by atoms with Gasteiger partial charge in [0, 0.05) is 12.8 Å². The van der Waals surface area contributed by atoms with Crippen LogP contribution in [0.4, 0.5) is 8.78 Å². The largest absolute Gasteiger partial charge is 0.249 e. The van der Waals surface area contributed by atoms with E-state index in [1.165, 1.54) is 12.1 Å². The Morgan fingerprint density at radius 1 is 1.35 bits per heavy atom. The SMILES string of the molecule is Cc1cc(S(N)(=O)=O)ccc1C1CC(F)(F)C1. The monoisotopic (exact) mass is 261 g/mol. The molecule has 1 aliphatic rings. The molecular formula is C11H13F2NO2S. The third kappa shape index (κ3) is 2.47. The lowest BCUT2D eigenvalue weighted by molar-refractivity contribution is -0.0868. The van der Waals surface area contributed by atoms with E-state index in [1.807, 2.05) is 0 Å². The maximum absolute atomic E-state index is 12.8. The third-order valence-corrected chi connectivity index (χ3v) is 4.01. The number of benzene rings is 1. The molecule has 17 heavy (non-hydrogen) atoms. The fourth-order valence-corrected chi connectivity index (χ4v) is 2.76. The van der Waals surface area contributed by atoms with Crippen molar-refractivity contribution in [3.05, 3.63) is 29.3 Å². The van der Waals surface area contributed by atoms with Crippen molar-refractivity contribution in [1.82, 2.24) is 0 Å². The summed E-state index contributed by atoms with van der Waals surface area (Å²) in [5, 5.41) is 4.99. The minimum Gasteiger partial charge on any atom is -0.225 e. The standard InChI is InChI=1S/C11H13F2NO2S/c1-7-4-9(17(14,15)16)2-3-10(7)8-5-11(12,13)6-8/h2-4,8H,5-6H2,1H3,(H2,14,15,16). The van der Waals surface area contributed by atoms with Crippen molar-refractivity contribution >= 4 is 10.0 Å². The summed E-state index contributed by atoms with van der Waals surface area (Å²) in [5.74, 6) is -2.75. The first-order valence-corrected chi connectivity index (χ1v) is 6.75. The van der Waals surface area contributed by atoms with Crippen molar-refractivity contribution in [1.29, 1.82) is 0 Å². The lowest BCUT2D eigenvalue weighted by atomic mass is 9.75. The average Bonchev–Trinajstić information content (AvgIpc) is 2.12. The molecule has 1 aliphatic carbocycles. The van der Waals surface area contributed by atoms with Gasteiger partial charge in [0.2, 0.25) is 15.9 Å². The molecule has 1 saturated carbocycles. The van der Waals surface area contributed by atoms with Gasteiger partial charge < -0.3 is 0 Å². The number of alkyl halides is 2. The lowest BCUT2D eigenvalue weighted by Gasteiger charge is -2.36. The van der Waals surface area contributed by atoms with Gasteiger partial charge in [-0.2, -0.15) is 0 Å². The van der Waals surface area contributed by atoms with Gasteiger partial charge in [-0.1, -0.05) is 6.07 Å². The number of aryl methyl sites for hydroxylation is 1. The van der Waals surface area contributed by atoms with Crippen LogP contribution >= 0.6 is 0 Å². The van der Waals surface area contributed by atoms with Crippen LogP contribution in [0.3, 0.4) is 0 Å². The van der Waals surface area contributed by atoms with Crippen LogP contribution in [0.15, 0.2) is 23.1 Å². The fourth-order valence-electron chi connectivity index (χ4n) is 2.16. The molecule has 0 heterocycles. The molecule has 1 fully saturated rings. The fraction of sp³-hybridized carbons (Fsp3) is 0.455. The Morgan fingerprint density at radius 3 is 2.35 bits per heavy atom. The second-order valence-electron chi connectivity index (χ2n) is 4.52. The summed E-state index contributed by atoms with van der Waals surface area (Å²) in [4.78, 5) is 0.0184. The van der Waals surface area contributed by atoms with Crippen molar-refractivity contribution < 1.29 is 17.2 Å². The Labute approximate surface area is 98.7 Å². The number of hydrogen-bond acceptors (Lipinski definition) is 2. The van der Waals surface area contributed by atoms with Gasteiger partial charge in [0.15, 0.2) is 0 Å². The third-order valence-electron chi connectivity index (χ3n) is 3.10. The summed E-state index contributed by atoms with van der Waals surface area (Å²) >= 11 is 0. The zero-order valence-electron chi connectivity index (χ0n) is 9.28. The van der Waals surface area contributed by atoms with Crippen LogP contribution < -0.4 is 5.14 Å². The zero-order valence-corrected chi connectivity index (χ0v) is 10.1. The summed E-state index contributed by atoms with van der Waals surface area (Å²) < 4.78 is 47.7. The van der Waals surface area contributed by atoms with Crippen LogP contribution in [0.25, 0.3) is 0 Å². The number of primary sulfonamides is 1. The summed E-state index contributed by atoms with van der Waals surface area (Å²) in [7, 11) is -3.73. The highest BCUT2D eigenvalue weighted by Crippen LogP contribution is 2.49. The Kier molecular flexibility index (Phi) is 2.74. The van der Waals surface area contributed by atoms with Crippen LogP contribution in [-0.2, 0) is 10.0 Å². The quantitative estimate of drug-likeness (QED) is 0.886. The summed E-state index contributed by atoms with van der Waals surface area (Å²) in [6.45, 7) is 1.71. The number of hydrogen-bond donors (Lipinski definition) is 1. The molecule has 2 rings (SSSR count). The highest BCUT2D eigenvalue weighted by atomic mass is 32.2. The molecule has 0 spiro atoms. The van der Waals surface area contributed by atoms with Crippen molar-refractivity contribution in [2.75, 3.05) is 0 Å². The van der Waals surface area contributed by atoms with E-state index < -0.39 is 15.9 Å². The molecule has 0 radical (unpaired) electrons.